The van der Waals surface area contributed by atoms with Gasteiger partial charge < -0.3 is 5.11 Å². The summed E-state index contributed by atoms with van der Waals surface area (Å²) in [6, 6.07) is 9.77. The van der Waals surface area contributed by atoms with Crippen LogP contribution in [0.2, 0.25) is 0 Å². The van der Waals surface area contributed by atoms with E-state index in [9.17, 15) is 5.11 Å². The lowest BCUT2D eigenvalue weighted by Gasteiger charge is -2.14. The third-order valence-corrected chi connectivity index (χ3v) is 2.71. The molecule has 0 radical (unpaired) electrons. The third-order valence-electron chi connectivity index (χ3n) is 2.71. The standard InChI is InChI=1S/C12H14N2O/c13-7-10-2-1-3-11(6-10)8-14-5-4-12(15)9-14/h1-3,6,12,15H,4-5,8-9H2/t12-/m1/s1. The van der Waals surface area contributed by atoms with E-state index < -0.39 is 0 Å². The number of nitriles is 1. The van der Waals surface area contributed by atoms with Crippen molar-refractivity contribution in [3.05, 3.63) is 35.4 Å². The lowest BCUT2D eigenvalue weighted by molar-refractivity contribution is 0.175. The summed E-state index contributed by atoms with van der Waals surface area (Å²) < 4.78 is 0. The zero-order valence-corrected chi connectivity index (χ0v) is 8.56. The van der Waals surface area contributed by atoms with Crippen LogP contribution in [0.5, 0.6) is 0 Å². The number of benzene rings is 1. The highest BCUT2D eigenvalue weighted by molar-refractivity contribution is 5.32. The number of hydrogen-bond acceptors (Lipinski definition) is 3. The molecule has 1 fully saturated rings. The fraction of sp³-hybridized carbons (Fsp3) is 0.417. The van der Waals surface area contributed by atoms with Crippen molar-refractivity contribution in [1.29, 1.82) is 5.26 Å². The van der Waals surface area contributed by atoms with Gasteiger partial charge in [-0.15, -0.1) is 0 Å². The van der Waals surface area contributed by atoms with Crippen molar-refractivity contribution in [1.82, 2.24) is 4.90 Å². The summed E-state index contributed by atoms with van der Waals surface area (Å²) >= 11 is 0. The third kappa shape index (κ3) is 2.56. The topological polar surface area (TPSA) is 47.3 Å². The second kappa shape index (κ2) is 4.43. The molecule has 0 saturated carbocycles. The number of hydrogen-bond donors (Lipinski definition) is 1. The summed E-state index contributed by atoms with van der Waals surface area (Å²) in [6.45, 7) is 2.52. The highest BCUT2D eigenvalue weighted by Gasteiger charge is 2.19. The monoisotopic (exact) mass is 202 g/mol. The molecule has 1 aliphatic heterocycles. The molecule has 0 aliphatic carbocycles. The number of β-amino-alcohol motifs (C(OH)–C–C–N with tert-alkyl or cyclic N) is 1. The van der Waals surface area contributed by atoms with E-state index in [-0.39, 0.29) is 6.10 Å². The molecule has 15 heavy (non-hydrogen) atoms. The molecule has 1 aliphatic rings. The van der Waals surface area contributed by atoms with Crippen molar-refractivity contribution in [2.45, 2.75) is 19.1 Å². The van der Waals surface area contributed by atoms with E-state index in [2.05, 4.69) is 11.0 Å². The minimum atomic E-state index is -0.177. The number of aliphatic hydroxyl groups is 1. The summed E-state index contributed by atoms with van der Waals surface area (Å²) in [5.41, 5.74) is 1.84. The van der Waals surface area contributed by atoms with Crippen LogP contribution >= 0.6 is 0 Å². The first-order chi connectivity index (χ1) is 7.28. The van der Waals surface area contributed by atoms with Gasteiger partial charge in [0.2, 0.25) is 0 Å². The molecule has 1 heterocycles. The Morgan fingerprint density at radius 1 is 1.53 bits per heavy atom. The van der Waals surface area contributed by atoms with Crippen LogP contribution in [0.3, 0.4) is 0 Å². The van der Waals surface area contributed by atoms with Crippen molar-refractivity contribution < 1.29 is 5.11 Å². The molecule has 0 aromatic heterocycles. The van der Waals surface area contributed by atoms with Crippen LogP contribution in [0.1, 0.15) is 17.5 Å². The van der Waals surface area contributed by atoms with Gasteiger partial charge in [0.25, 0.3) is 0 Å². The predicted molar refractivity (Wildman–Crippen MR) is 57.1 cm³/mol. The van der Waals surface area contributed by atoms with Gasteiger partial charge in [0, 0.05) is 19.6 Å². The van der Waals surface area contributed by atoms with Crippen molar-refractivity contribution >= 4 is 0 Å². The van der Waals surface area contributed by atoms with Crippen molar-refractivity contribution in [3.63, 3.8) is 0 Å². The van der Waals surface area contributed by atoms with Gasteiger partial charge in [-0.3, -0.25) is 4.90 Å². The average molecular weight is 202 g/mol. The lowest BCUT2D eigenvalue weighted by Crippen LogP contribution is -2.21. The number of rotatable bonds is 2. The summed E-state index contributed by atoms with van der Waals surface area (Å²) in [6.07, 6.45) is 0.682. The Kier molecular flexibility index (Phi) is 3.00. The smallest absolute Gasteiger partial charge is 0.0991 e. The summed E-state index contributed by atoms with van der Waals surface area (Å²) in [5.74, 6) is 0. The van der Waals surface area contributed by atoms with E-state index in [0.717, 1.165) is 31.6 Å². The maximum absolute atomic E-state index is 9.38. The molecule has 78 valence electrons. The molecule has 3 heteroatoms. The Balaban J connectivity index is 2.02. The molecule has 1 atom stereocenters. The second-order valence-corrected chi connectivity index (χ2v) is 3.99. The normalized spacial score (nSPS) is 21.5. The fourth-order valence-electron chi connectivity index (χ4n) is 1.95. The first kappa shape index (κ1) is 10.2. The maximum atomic E-state index is 9.38. The second-order valence-electron chi connectivity index (χ2n) is 3.99. The van der Waals surface area contributed by atoms with Gasteiger partial charge >= 0.3 is 0 Å². The molecular weight excluding hydrogens is 188 g/mol. The van der Waals surface area contributed by atoms with E-state index in [0.29, 0.717) is 5.56 Å². The molecule has 1 aromatic rings. The van der Waals surface area contributed by atoms with Gasteiger partial charge in [-0.25, -0.2) is 0 Å². The Morgan fingerprint density at radius 2 is 2.40 bits per heavy atom. The lowest BCUT2D eigenvalue weighted by atomic mass is 10.1. The molecular formula is C12H14N2O. The molecule has 0 unspecified atom stereocenters. The van der Waals surface area contributed by atoms with Gasteiger partial charge in [-0.2, -0.15) is 5.26 Å². The van der Waals surface area contributed by atoms with Crippen LogP contribution in [0.25, 0.3) is 0 Å². The van der Waals surface area contributed by atoms with Crippen LogP contribution in [0, 0.1) is 11.3 Å². The molecule has 1 N–H and O–H groups in total. The zero-order chi connectivity index (χ0) is 10.7. The van der Waals surface area contributed by atoms with Crippen molar-refractivity contribution in [2.75, 3.05) is 13.1 Å². The van der Waals surface area contributed by atoms with Crippen LogP contribution in [-0.4, -0.2) is 29.2 Å². The Bertz CT molecular complexity index is 383. The van der Waals surface area contributed by atoms with Gasteiger partial charge in [-0.1, -0.05) is 12.1 Å². The quantitative estimate of drug-likeness (QED) is 0.782. The SMILES string of the molecule is N#Cc1cccc(CN2CC[C@@H](O)C2)c1. The largest absolute Gasteiger partial charge is 0.392 e. The summed E-state index contributed by atoms with van der Waals surface area (Å²) in [5, 5.41) is 18.1. The van der Waals surface area contributed by atoms with Gasteiger partial charge in [-0.05, 0) is 24.1 Å². The minimum absolute atomic E-state index is 0.177. The molecule has 1 aromatic carbocycles. The molecule has 0 amide bonds. The van der Waals surface area contributed by atoms with Crippen LogP contribution in [-0.2, 0) is 6.54 Å². The van der Waals surface area contributed by atoms with E-state index in [1.165, 1.54) is 0 Å². The predicted octanol–water partition coefficient (Wildman–Crippen LogP) is 1.12. The van der Waals surface area contributed by atoms with Gasteiger partial charge in [0.15, 0.2) is 0 Å². The Labute approximate surface area is 89.6 Å². The summed E-state index contributed by atoms with van der Waals surface area (Å²) in [4.78, 5) is 2.21. The number of likely N-dealkylation sites (tertiary alicyclic amines) is 1. The zero-order valence-electron chi connectivity index (χ0n) is 8.56. The Hall–Kier alpha value is -1.37. The van der Waals surface area contributed by atoms with E-state index in [1.807, 2.05) is 24.3 Å². The van der Waals surface area contributed by atoms with E-state index >= 15 is 0 Å². The van der Waals surface area contributed by atoms with E-state index in [4.69, 9.17) is 5.26 Å². The highest BCUT2D eigenvalue weighted by Crippen LogP contribution is 2.13. The molecule has 0 bridgehead atoms. The summed E-state index contributed by atoms with van der Waals surface area (Å²) in [7, 11) is 0. The first-order valence-corrected chi connectivity index (χ1v) is 5.17. The Morgan fingerprint density at radius 3 is 3.07 bits per heavy atom. The number of nitrogens with zero attached hydrogens (tertiary/aromatic N) is 2. The van der Waals surface area contributed by atoms with Gasteiger partial charge in [0.05, 0.1) is 17.7 Å². The number of aliphatic hydroxyl groups excluding tert-OH is 1. The van der Waals surface area contributed by atoms with Crippen molar-refractivity contribution in [3.8, 4) is 6.07 Å². The van der Waals surface area contributed by atoms with Crippen LogP contribution in [0.15, 0.2) is 24.3 Å². The first-order valence-electron chi connectivity index (χ1n) is 5.17. The molecule has 1 saturated heterocycles. The van der Waals surface area contributed by atoms with Crippen molar-refractivity contribution in [2.24, 2.45) is 0 Å². The van der Waals surface area contributed by atoms with Crippen LogP contribution < -0.4 is 0 Å². The average Bonchev–Trinajstić information content (AvgIpc) is 2.64. The minimum Gasteiger partial charge on any atom is -0.392 e. The molecule has 2 rings (SSSR count). The highest BCUT2D eigenvalue weighted by atomic mass is 16.3. The van der Waals surface area contributed by atoms with Gasteiger partial charge in [0.1, 0.15) is 0 Å². The molecule has 0 spiro atoms. The maximum Gasteiger partial charge on any atom is 0.0991 e. The fourth-order valence-corrected chi connectivity index (χ4v) is 1.95. The molecule has 3 nitrogen and oxygen atoms in total. The van der Waals surface area contributed by atoms with Crippen LogP contribution in [0.4, 0.5) is 0 Å². The van der Waals surface area contributed by atoms with E-state index in [1.54, 1.807) is 0 Å².